The minimum atomic E-state index is -1.19. The van der Waals surface area contributed by atoms with Gasteiger partial charge in [-0.05, 0) is 43.2 Å². The molecule has 6 heteroatoms. The van der Waals surface area contributed by atoms with E-state index in [4.69, 9.17) is 5.11 Å². The minimum Gasteiger partial charge on any atom is -0.506 e. The van der Waals surface area contributed by atoms with E-state index in [2.05, 4.69) is 14.9 Å². The zero-order valence-corrected chi connectivity index (χ0v) is 12.8. The van der Waals surface area contributed by atoms with Crippen LogP contribution in [0.25, 0.3) is 10.9 Å². The Labute approximate surface area is 138 Å². The summed E-state index contributed by atoms with van der Waals surface area (Å²) in [6.07, 6.45) is 4.96. The van der Waals surface area contributed by atoms with Crippen LogP contribution in [0.3, 0.4) is 0 Å². The molecule has 6 nitrogen and oxygen atoms in total. The first-order chi connectivity index (χ1) is 11.6. The van der Waals surface area contributed by atoms with Crippen molar-refractivity contribution in [1.82, 2.24) is 9.97 Å². The third kappa shape index (κ3) is 2.23. The Balaban J connectivity index is 1.82. The number of aromatic nitrogens is 2. The topological polar surface area (TPSA) is 86.5 Å². The van der Waals surface area contributed by atoms with Crippen LogP contribution in [0.2, 0.25) is 0 Å². The van der Waals surface area contributed by atoms with Gasteiger partial charge < -0.3 is 15.1 Å². The van der Waals surface area contributed by atoms with Crippen LogP contribution in [0.1, 0.15) is 22.5 Å². The van der Waals surface area contributed by atoms with Crippen LogP contribution in [0.15, 0.2) is 42.7 Å². The van der Waals surface area contributed by atoms with Gasteiger partial charge in [-0.15, -0.1) is 0 Å². The van der Waals surface area contributed by atoms with E-state index in [0.717, 1.165) is 36.5 Å². The molecule has 24 heavy (non-hydrogen) atoms. The molecule has 0 spiro atoms. The molecular formula is C18H15N3O3. The van der Waals surface area contributed by atoms with Gasteiger partial charge >= 0.3 is 5.97 Å². The number of aryl methyl sites for hydroxylation is 1. The molecule has 1 aliphatic heterocycles. The summed E-state index contributed by atoms with van der Waals surface area (Å²) in [5, 5.41) is 19.6. The Morgan fingerprint density at radius 1 is 1.21 bits per heavy atom. The van der Waals surface area contributed by atoms with Crippen LogP contribution in [0.5, 0.6) is 5.75 Å². The molecular weight excluding hydrogens is 306 g/mol. The van der Waals surface area contributed by atoms with Crippen molar-refractivity contribution in [3.05, 3.63) is 54.0 Å². The highest BCUT2D eigenvalue weighted by molar-refractivity contribution is 5.99. The standard InChI is InChI=1S/C18H15N3O3/c22-17-12-6-5-11(9-15(12)20-10-13(17)18(23)24)21-8-2-3-14-16(21)4-1-7-19-14/h1,4-7,9-10H,2-3,8H2,(H,20,22)(H,23,24). The first-order valence-electron chi connectivity index (χ1n) is 7.71. The first kappa shape index (κ1) is 14.4. The van der Waals surface area contributed by atoms with Gasteiger partial charge in [-0.2, -0.15) is 0 Å². The highest BCUT2D eigenvalue weighted by Gasteiger charge is 2.20. The fourth-order valence-electron chi connectivity index (χ4n) is 3.15. The van der Waals surface area contributed by atoms with Gasteiger partial charge in [0, 0.05) is 30.0 Å². The first-order valence-corrected chi connectivity index (χ1v) is 7.71. The maximum Gasteiger partial charge on any atom is 0.341 e. The second-order valence-electron chi connectivity index (χ2n) is 5.75. The van der Waals surface area contributed by atoms with Crippen LogP contribution in [0, 0.1) is 0 Å². The summed E-state index contributed by atoms with van der Waals surface area (Å²) < 4.78 is 0. The van der Waals surface area contributed by atoms with E-state index >= 15 is 0 Å². The molecule has 3 aromatic rings. The number of carbonyl (C=O) groups is 1. The Morgan fingerprint density at radius 3 is 2.92 bits per heavy atom. The molecule has 0 bridgehead atoms. The molecule has 0 saturated heterocycles. The SMILES string of the molecule is O=C(O)c1cnc2cc(N3CCCc4ncccc43)ccc2c1O. The quantitative estimate of drug-likeness (QED) is 0.754. The van der Waals surface area contributed by atoms with E-state index in [1.54, 1.807) is 12.3 Å². The molecule has 3 heterocycles. The predicted octanol–water partition coefficient (Wildman–Crippen LogP) is 3.12. The zero-order chi connectivity index (χ0) is 16.7. The average Bonchev–Trinajstić information content (AvgIpc) is 2.61. The molecule has 2 N–H and O–H groups in total. The Kier molecular flexibility index (Phi) is 3.30. The monoisotopic (exact) mass is 321 g/mol. The number of anilines is 2. The van der Waals surface area contributed by atoms with Crippen molar-refractivity contribution >= 4 is 28.2 Å². The normalized spacial score (nSPS) is 13.8. The molecule has 120 valence electrons. The number of aromatic carboxylic acids is 1. The zero-order valence-electron chi connectivity index (χ0n) is 12.8. The Morgan fingerprint density at radius 2 is 2.08 bits per heavy atom. The molecule has 0 radical (unpaired) electrons. The lowest BCUT2D eigenvalue weighted by Crippen LogP contribution is -2.25. The van der Waals surface area contributed by atoms with E-state index in [0.29, 0.717) is 10.9 Å². The van der Waals surface area contributed by atoms with Crippen LogP contribution in [-0.4, -0.2) is 32.7 Å². The van der Waals surface area contributed by atoms with Gasteiger partial charge in [0.15, 0.2) is 0 Å². The highest BCUT2D eigenvalue weighted by Crippen LogP contribution is 2.35. The molecule has 0 aliphatic carbocycles. The van der Waals surface area contributed by atoms with Crippen LogP contribution >= 0.6 is 0 Å². The second kappa shape index (κ2) is 5.49. The van der Waals surface area contributed by atoms with Gasteiger partial charge in [0.1, 0.15) is 11.3 Å². The van der Waals surface area contributed by atoms with Crippen molar-refractivity contribution in [2.24, 2.45) is 0 Å². The van der Waals surface area contributed by atoms with Crippen LogP contribution in [0.4, 0.5) is 11.4 Å². The lowest BCUT2D eigenvalue weighted by atomic mass is 10.1. The maximum absolute atomic E-state index is 11.1. The van der Waals surface area contributed by atoms with Gasteiger partial charge in [0.25, 0.3) is 0 Å². The van der Waals surface area contributed by atoms with E-state index in [9.17, 15) is 9.90 Å². The van der Waals surface area contributed by atoms with Crippen LogP contribution < -0.4 is 4.90 Å². The molecule has 4 rings (SSSR count). The van der Waals surface area contributed by atoms with Gasteiger partial charge in [-0.1, -0.05) is 0 Å². The number of hydrogen-bond donors (Lipinski definition) is 2. The van der Waals surface area contributed by atoms with Gasteiger partial charge in [-0.3, -0.25) is 9.97 Å². The predicted molar refractivity (Wildman–Crippen MR) is 89.9 cm³/mol. The number of carboxylic acid groups (broad SMARTS) is 1. The summed E-state index contributed by atoms with van der Waals surface area (Å²) in [6, 6.07) is 9.41. The summed E-state index contributed by atoms with van der Waals surface area (Å²) in [7, 11) is 0. The fourth-order valence-corrected chi connectivity index (χ4v) is 3.15. The van der Waals surface area contributed by atoms with Crippen molar-refractivity contribution in [2.45, 2.75) is 12.8 Å². The summed E-state index contributed by atoms with van der Waals surface area (Å²) in [5.41, 5.74) is 3.47. The Hall–Kier alpha value is -3.15. The molecule has 2 aromatic heterocycles. The number of hydrogen-bond acceptors (Lipinski definition) is 5. The minimum absolute atomic E-state index is 0.192. The number of nitrogens with zero attached hydrogens (tertiary/aromatic N) is 3. The third-order valence-electron chi connectivity index (χ3n) is 4.32. The van der Waals surface area contributed by atoms with E-state index in [1.165, 1.54) is 6.20 Å². The molecule has 0 atom stereocenters. The molecule has 0 unspecified atom stereocenters. The van der Waals surface area contributed by atoms with Crippen molar-refractivity contribution in [3.63, 3.8) is 0 Å². The number of benzene rings is 1. The highest BCUT2D eigenvalue weighted by atomic mass is 16.4. The lowest BCUT2D eigenvalue weighted by molar-refractivity contribution is 0.0693. The molecule has 0 fully saturated rings. The molecule has 1 aromatic carbocycles. The number of fused-ring (bicyclic) bond motifs is 2. The van der Waals surface area contributed by atoms with E-state index in [1.807, 2.05) is 24.3 Å². The summed E-state index contributed by atoms with van der Waals surface area (Å²) in [5.74, 6) is -1.44. The van der Waals surface area contributed by atoms with Crippen LogP contribution in [-0.2, 0) is 6.42 Å². The average molecular weight is 321 g/mol. The van der Waals surface area contributed by atoms with E-state index < -0.39 is 5.97 Å². The number of carboxylic acids is 1. The second-order valence-corrected chi connectivity index (χ2v) is 5.75. The van der Waals surface area contributed by atoms with Gasteiger partial charge in [0.2, 0.25) is 0 Å². The van der Waals surface area contributed by atoms with Gasteiger partial charge in [-0.25, -0.2) is 4.79 Å². The molecule has 0 amide bonds. The van der Waals surface area contributed by atoms with E-state index in [-0.39, 0.29) is 11.3 Å². The molecule has 1 aliphatic rings. The van der Waals surface area contributed by atoms with Crippen molar-refractivity contribution in [3.8, 4) is 5.75 Å². The Bertz CT molecular complexity index is 955. The summed E-state index contributed by atoms with van der Waals surface area (Å²) in [6.45, 7) is 0.878. The van der Waals surface area contributed by atoms with Crippen molar-refractivity contribution in [1.29, 1.82) is 0 Å². The number of rotatable bonds is 2. The summed E-state index contributed by atoms with van der Waals surface area (Å²) >= 11 is 0. The number of pyridine rings is 2. The van der Waals surface area contributed by atoms with Crippen molar-refractivity contribution < 1.29 is 15.0 Å². The smallest absolute Gasteiger partial charge is 0.341 e. The molecule has 0 saturated carbocycles. The summed E-state index contributed by atoms with van der Waals surface area (Å²) in [4.78, 5) is 21.9. The van der Waals surface area contributed by atoms with Crippen molar-refractivity contribution in [2.75, 3.05) is 11.4 Å². The van der Waals surface area contributed by atoms with Gasteiger partial charge in [0.05, 0.1) is 16.9 Å². The number of aromatic hydroxyl groups is 1. The largest absolute Gasteiger partial charge is 0.506 e. The maximum atomic E-state index is 11.1. The fraction of sp³-hybridized carbons (Fsp3) is 0.167. The lowest BCUT2D eigenvalue weighted by Gasteiger charge is -2.30. The third-order valence-corrected chi connectivity index (χ3v) is 4.32.